The number of nitrogens with one attached hydrogen (secondary N) is 2. The molecule has 0 bridgehead atoms. The second-order valence-corrected chi connectivity index (χ2v) is 6.04. The first kappa shape index (κ1) is 17.3. The molecule has 0 unspecified atom stereocenters. The van der Waals surface area contributed by atoms with Crippen molar-refractivity contribution in [1.29, 1.82) is 0 Å². The number of carbonyl (C=O) groups is 1. The van der Waals surface area contributed by atoms with Crippen LogP contribution in [0.2, 0.25) is 0 Å². The van der Waals surface area contributed by atoms with Crippen LogP contribution in [0.3, 0.4) is 0 Å². The van der Waals surface area contributed by atoms with Crippen molar-refractivity contribution in [3.8, 4) is 0 Å². The topological polar surface area (TPSA) is 54.0 Å². The number of thiazole rings is 1. The van der Waals surface area contributed by atoms with Gasteiger partial charge in [-0.15, -0.1) is 11.3 Å². The minimum atomic E-state index is -0.848. The van der Waals surface area contributed by atoms with E-state index in [0.29, 0.717) is 31.4 Å². The lowest BCUT2D eigenvalue weighted by molar-refractivity contribution is 0.237. The number of urea groups is 1. The van der Waals surface area contributed by atoms with Crippen LogP contribution >= 0.6 is 11.3 Å². The van der Waals surface area contributed by atoms with Crippen LogP contribution in [0.4, 0.5) is 13.6 Å². The molecule has 0 fully saturated rings. The first-order chi connectivity index (χ1) is 11.0. The highest BCUT2D eigenvalue weighted by Gasteiger charge is 2.08. The summed E-state index contributed by atoms with van der Waals surface area (Å²) in [7, 11) is 0. The molecular formula is C16H19F2N3OS. The lowest BCUT2D eigenvalue weighted by Crippen LogP contribution is -2.41. The Kier molecular flexibility index (Phi) is 6.46. The fourth-order valence-corrected chi connectivity index (χ4v) is 2.68. The number of nitrogens with zero attached hydrogens (tertiary/aromatic N) is 1. The number of aromatic nitrogens is 1. The molecule has 23 heavy (non-hydrogen) atoms. The Balaban J connectivity index is 1.66. The second kappa shape index (κ2) is 8.57. The predicted octanol–water partition coefficient (Wildman–Crippen LogP) is 3.28. The van der Waals surface area contributed by atoms with E-state index in [9.17, 15) is 13.6 Å². The first-order valence-corrected chi connectivity index (χ1v) is 8.34. The van der Waals surface area contributed by atoms with Crippen LogP contribution in [0.1, 0.15) is 24.6 Å². The van der Waals surface area contributed by atoms with Crippen molar-refractivity contribution in [2.75, 3.05) is 6.54 Å². The number of carbonyl (C=O) groups excluding carboxylic acids is 1. The molecule has 0 aliphatic carbocycles. The highest BCUT2D eigenvalue weighted by atomic mass is 32.1. The quantitative estimate of drug-likeness (QED) is 0.813. The summed E-state index contributed by atoms with van der Waals surface area (Å²) in [6.07, 6.45) is 1.90. The molecule has 0 saturated heterocycles. The minimum Gasteiger partial charge on any atom is -0.338 e. The molecule has 1 aromatic heterocycles. The van der Waals surface area contributed by atoms with E-state index in [1.807, 2.05) is 12.3 Å². The molecule has 1 aromatic carbocycles. The molecule has 1 heterocycles. The molecule has 0 spiro atoms. The van der Waals surface area contributed by atoms with E-state index in [-0.39, 0.29) is 12.1 Å². The largest absolute Gasteiger partial charge is 0.338 e. The van der Waals surface area contributed by atoms with Crippen LogP contribution in [-0.2, 0) is 12.8 Å². The standard InChI is InChI=1S/C16H19F2N3OS/c1-11(2-3-12-4-5-14(17)15(18)8-12)21-16(22)19-7-6-13-9-23-10-20-13/h4-5,8-11H,2-3,6-7H2,1H3,(H2,19,21,22)/t11-/m0/s1. The van der Waals surface area contributed by atoms with Gasteiger partial charge in [0.25, 0.3) is 0 Å². The maximum Gasteiger partial charge on any atom is 0.315 e. The third kappa shape index (κ3) is 5.94. The van der Waals surface area contributed by atoms with E-state index in [1.54, 1.807) is 11.6 Å². The van der Waals surface area contributed by atoms with E-state index in [2.05, 4.69) is 15.6 Å². The van der Waals surface area contributed by atoms with Crippen LogP contribution < -0.4 is 10.6 Å². The summed E-state index contributed by atoms with van der Waals surface area (Å²) in [5.74, 6) is -1.69. The zero-order valence-electron chi connectivity index (χ0n) is 12.8. The summed E-state index contributed by atoms with van der Waals surface area (Å²) in [6, 6.07) is 3.56. The number of amides is 2. The summed E-state index contributed by atoms with van der Waals surface area (Å²) < 4.78 is 26.0. The molecule has 0 aliphatic heterocycles. The Bertz CT molecular complexity index is 634. The Morgan fingerprint density at radius 3 is 2.83 bits per heavy atom. The van der Waals surface area contributed by atoms with E-state index in [0.717, 1.165) is 11.8 Å². The molecule has 2 rings (SSSR count). The predicted molar refractivity (Wildman–Crippen MR) is 86.5 cm³/mol. The molecule has 4 nitrogen and oxygen atoms in total. The van der Waals surface area contributed by atoms with Crippen molar-refractivity contribution in [1.82, 2.24) is 15.6 Å². The van der Waals surface area contributed by atoms with Gasteiger partial charge in [-0.1, -0.05) is 6.07 Å². The molecular weight excluding hydrogens is 320 g/mol. The smallest absolute Gasteiger partial charge is 0.315 e. The Labute approximate surface area is 137 Å². The summed E-state index contributed by atoms with van der Waals surface area (Å²) in [5, 5.41) is 7.54. The summed E-state index contributed by atoms with van der Waals surface area (Å²) in [4.78, 5) is 15.9. The number of rotatable bonds is 7. The zero-order valence-corrected chi connectivity index (χ0v) is 13.6. The number of halogens is 2. The number of hydrogen-bond donors (Lipinski definition) is 2. The molecule has 2 amide bonds. The third-order valence-corrected chi connectivity index (χ3v) is 4.01. The van der Waals surface area contributed by atoms with Gasteiger partial charge in [0, 0.05) is 24.4 Å². The Morgan fingerprint density at radius 2 is 2.13 bits per heavy atom. The minimum absolute atomic E-state index is 0.0672. The number of aryl methyl sites for hydroxylation is 1. The van der Waals surface area contributed by atoms with E-state index in [1.165, 1.54) is 17.4 Å². The van der Waals surface area contributed by atoms with Crippen LogP contribution in [-0.4, -0.2) is 23.6 Å². The highest BCUT2D eigenvalue weighted by Crippen LogP contribution is 2.11. The van der Waals surface area contributed by atoms with E-state index < -0.39 is 11.6 Å². The second-order valence-electron chi connectivity index (χ2n) is 5.32. The number of hydrogen-bond acceptors (Lipinski definition) is 3. The fraction of sp³-hybridized carbons (Fsp3) is 0.375. The van der Waals surface area contributed by atoms with Crippen molar-refractivity contribution in [2.45, 2.75) is 32.2 Å². The van der Waals surface area contributed by atoms with Gasteiger partial charge in [0.15, 0.2) is 11.6 Å². The van der Waals surface area contributed by atoms with Gasteiger partial charge in [-0.2, -0.15) is 0 Å². The lowest BCUT2D eigenvalue weighted by atomic mass is 10.1. The van der Waals surface area contributed by atoms with Gasteiger partial charge in [0.05, 0.1) is 11.2 Å². The van der Waals surface area contributed by atoms with Crippen LogP contribution in [0.25, 0.3) is 0 Å². The summed E-state index contributed by atoms with van der Waals surface area (Å²) in [5.41, 5.74) is 3.43. The first-order valence-electron chi connectivity index (χ1n) is 7.40. The van der Waals surface area contributed by atoms with Gasteiger partial charge < -0.3 is 10.6 Å². The molecule has 2 aromatic rings. The van der Waals surface area contributed by atoms with E-state index >= 15 is 0 Å². The van der Waals surface area contributed by atoms with Crippen molar-refractivity contribution < 1.29 is 13.6 Å². The maximum absolute atomic E-state index is 13.1. The molecule has 124 valence electrons. The van der Waals surface area contributed by atoms with Crippen molar-refractivity contribution in [2.24, 2.45) is 0 Å². The maximum atomic E-state index is 13.1. The molecule has 0 aliphatic rings. The highest BCUT2D eigenvalue weighted by molar-refractivity contribution is 7.07. The van der Waals surface area contributed by atoms with E-state index in [4.69, 9.17) is 0 Å². The van der Waals surface area contributed by atoms with Crippen LogP contribution in [0.15, 0.2) is 29.1 Å². The van der Waals surface area contributed by atoms with Gasteiger partial charge >= 0.3 is 6.03 Å². The molecule has 1 atom stereocenters. The summed E-state index contributed by atoms with van der Waals surface area (Å²) >= 11 is 1.53. The average molecular weight is 339 g/mol. The molecule has 2 N–H and O–H groups in total. The van der Waals surface area contributed by atoms with Gasteiger partial charge in [-0.25, -0.2) is 18.6 Å². The van der Waals surface area contributed by atoms with Gasteiger partial charge in [-0.05, 0) is 37.5 Å². The molecule has 0 radical (unpaired) electrons. The van der Waals surface area contributed by atoms with Crippen LogP contribution in [0.5, 0.6) is 0 Å². The van der Waals surface area contributed by atoms with Crippen molar-refractivity contribution in [3.63, 3.8) is 0 Å². The Morgan fingerprint density at radius 1 is 1.30 bits per heavy atom. The summed E-state index contributed by atoms with van der Waals surface area (Å²) in [6.45, 7) is 2.39. The van der Waals surface area contributed by atoms with Gasteiger partial charge in [0.1, 0.15) is 0 Å². The zero-order chi connectivity index (χ0) is 16.7. The Hall–Kier alpha value is -2.02. The SMILES string of the molecule is C[C@@H](CCc1ccc(F)c(F)c1)NC(=O)NCCc1cscn1. The third-order valence-electron chi connectivity index (χ3n) is 3.38. The van der Waals surface area contributed by atoms with Crippen molar-refractivity contribution in [3.05, 3.63) is 52.0 Å². The van der Waals surface area contributed by atoms with Crippen LogP contribution in [0, 0.1) is 11.6 Å². The van der Waals surface area contributed by atoms with Gasteiger partial charge in [-0.3, -0.25) is 0 Å². The normalized spacial score (nSPS) is 12.0. The molecule has 0 saturated carbocycles. The molecule has 7 heteroatoms. The lowest BCUT2D eigenvalue weighted by Gasteiger charge is -2.14. The van der Waals surface area contributed by atoms with Gasteiger partial charge in [0.2, 0.25) is 0 Å². The monoisotopic (exact) mass is 339 g/mol. The average Bonchev–Trinajstić information content (AvgIpc) is 3.02. The van der Waals surface area contributed by atoms with Crippen molar-refractivity contribution >= 4 is 17.4 Å². The fourth-order valence-electron chi connectivity index (χ4n) is 2.09. The number of benzene rings is 1.